The third kappa shape index (κ3) is 1.97. The second kappa shape index (κ2) is 4.29. The lowest BCUT2D eigenvalue weighted by Gasteiger charge is -2.08. The first kappa shape index (κ1) is 11.5. The highest BCUT2D eigenvalue weighted by Crippen LogP contribution is 2.42. The lowest BCUT2D eigenvalue weighted by atomic mass is 10.0. The molecule has 1 N–H and O–H groups in total. The second-order valence-corrected chi connectivity index (χ2v) is 5.06. The predicted octanol–water partition coefficient (Wildman–Crippen LogP) is 4.73. The van der Waals surface area contributed by atoms with Gasteiger partial charge < -0.3 is 5.11 Å². The van der Waals surface area contributed by atoms with Crippen molar-refractivity contribution in [2.45, 2.75) is 18.8 Å². The molecule has 0 spiro atoms. The summed E-state index contributed by atoms with van der Waals surface area (Å²) in [5.41, 5.74) is 1.86. The highest BCUT2D eigenvalue weighted by molar-refractivity contribution is 6.32. The average Bonchev–Trinajstić information content (AvgIpc) is 3.17. The highest BCUT2D eigenvalue weighted by Gasteiger charge is 2.24. The molecule has 1 nitrogen and oxygen atoms in total. The Kier molecular flexibility index (Phi) is 2.75. The van der Waals surface area contributed by atoms with Crippen LogP contribution in [0.5, 0.6) is 5.75 Å². The fourth-order valence-electron chi connectivity index (χ4n) is 2.15. The summed E-state index contributed by atoms with van der Waals surface area (Å²) in [5.74, 6) is 0.135. The van der Waals surface area contributed by atoms with Gasteiger partial charge in [-0.3, -0.25) is 0 Å². The Hall–Kier alpha value is -1.54. The van der Waals surface area contributed by atoms with Crippen molar-refractivity contribution in [3.05, 3.63) is 52.8 Å². The molecule has 0 unspecified atom stereocenters. The van der Waals surface area contributed by atoms with Crippen molar-refractivity contribution in [3.8, 4) is 16.9 Å². The zero-order valence-corrected chi connectivity index (χ0v) is 10.4. The van der Waals surface area contributed by atoms with Crippen molar-refractivity contribution in [1.29, 1.82) is 0 Å². The molecular formula is C15H12ClFO. The van der Waals surface area contributed by atoms with E-state index in [2.05, 4.69) is 0 Å². The minimum atomic E-state index is -0.308. The van der Waals surface area contributed by atoms with Crippen LogP contribution in [-0.2, 0) is 0 Å². The van der Waals surface area contributed by atoms with Gasteiger partial charge in [0.2, 0.25) is 0 Å². The van der Waals surface area contributed by atoms with Crippen molar-refractivity contribution in [1.82, 2.24) is 0 Å². The number of para-hydroxylation sites is 1. The van der Waals surface area contributed by atoms with Crippen LogP contribution in [0.15, 0.2) is 36.4 Å². The van der Waals surface area contributed by atoms with Gasteiger partial charge in [0.1, 0.15) is 11.6 Å². The smallest absolute Gasteiger partial charge is 0.142 e. The molecule has 1 aliphatic carbocycles. The highest BCUT2D eigenvalue weighted by atomic mass is 35.5. The Bertz CT molecular complexity index is 605. The molecule has 0 saturated heterocycles. The number of hydrogen-bond acceptors (Lipinski definition) is 1. The molecule has 1 saturated carbocycles. The van der Waals surface area contributed by atoms with Crippen LogP contribution in [0.4, 0.5) is 4.39 Å². The van der Waals surface area contributed by atoms with E-state index in [-0.39, 0.29) is 16.6 Å². The van der Waals surface area contributed by atoms with E-state index in [1.807, 2.05) is 6.07 Å². The maximum atomic E-state index is 14.1. The number of phenolic OH excluding ortho intramolecular Hbond substituents is 1. The molecule has 1 fully saturated rings. The normalized spacial score (nSPS) is 14.8. The number of hydrogen-bond donors (Lipinski definition) is 1. The van der Waals surface area contributed by atoms with E-state index >= 15 is 0 Å². The molecule has 3 heteroatoms. The van der Waals surface area contributed by atoms with Gasteiger partial charge in [-0.25, -0.2) is 4.39 Å². The van der Waals surface area contributed by atoms with Crippen molar-refractivity contribution < 1.29 is 9.50 Å². The minimum Gasteiger partial charge on any atom is -0.506 e. The van der Waals surface area contributed by atoms with Crippen LogP contribution >= 0.6 is 11.6 Å². The van der Waals surface area contributed by atoms with E-state index in [1.54, 1.807) is 30.3 Å². The molecule has 0 bridgehead atoms. The van der Waals surface area contributed by atoms with Crippen LogP contribution in [0.3, 0.4) is 0 Å². The predicted molar refractivity (Wildman–Crippen MR) is 70.5 cm³/mol. The van der Waals surface area contributed by atoms with E-state index in [0.717, 1.165) is 18.4 Å². The van der Waals surface area contributed by atoms with Gasteiger partial charge >= 0.3 is 0 Å². The number of phenols is 1. The first-order valence-electron chi connectivity index (χ1n) is 5.94. The van der Waals surface area contributed by atoms with Gasteiger partial charge in [0.05, 0.1) is 5.02 Å². The van der Waals surface area contributed by atoms with Crippen LogP contribution in [-0.4, -0.2) is 5.11 Å². The van der Waals surface area contributed by atoms with Crippen LogP contribution in [0.2, 0.25) is 5.02 Å². The molecule has 3 rings (SSSR count). The van der Waals surface area contributed by atoms with Gasteiger partial charge in [0, 0.05) is 11.1 Å². The third-order valence-electron chi connectivity index (χ3n) is 3.32. The molecule has 0 radical (unpaired) electrons. The molecule has 0 aromatic heterocycles. The Balaban J connectivity index is 2.08. The first-order chi connectivity index (χ1) is 8.66. The second-order valence-electron chi connectivity index (χ2n) is 4.65. The molecular weight excluding hydrogens is 251 g/mol. The summed E-state index contributed by atoms with van der Waals surface area (Å²) in [6.07, 6.45) is 2.28. The van der Waals surface area contributed by atoms with Crippen molar-refractivity contribution in [3.63, 3.8) is 0 Å². The monoisotopic (exact) mass is 262 g/mol. The molecule has 2 aromatic rings. The van der Waals surface area contributed by atoms with Crippen LogP contribution in [0.25, 0.3) is 11.1 Å². The first-order valence-corrected chi connectivity index (χ1v) is 6.32. The molecule has 0 amide bonds. The summed E-state index contributed by atoms with van der Waals surface area (Å²) in [6.45, 7) is 0. The third-order valence-corrected chi connectivity index (χ3v) is 3.62. The number of benzene rings is 2. The van der Waals surface area contributed by atoms with Gasteiger partial charge in [-0.05, 0) is 36.5 Å². The lowest BCUT2D eigenvalue weighted by Crippen LogP contribution is -1.88. The minimum absolute atomic E-state index is 0.0720. The quantitative estimate of drug-likeness (QED) is 0.830. The number of halogens is 2. The van der Waals surface area contributed by atoms with Gasteiger partial charge in [-0.1, -0.05) is 35.9 Å². The van der Waals surface area contributed by atoms with E-state index < -0.39 is 0 Å². The molecule has 0 aliphatic heterocycles. The van der Waals surface area contributed by atoms with Crippen LogP contribution in [0.1, 0.15) is 24.3 Å². The molecule has 92 valence electrons. The van der Waals surface area contributed by atoms with Crippen LogP contribution in [0, 0.1) is 5.82 Å². The molecule has 0 atom stereocenters. The lowest BCUT2D eigenvalue weighted by molar-refractivity contribution is 0.477. The van der Waals surface area contributed by atoms with E-state index in [0.29, 0.717) is 17.0 Å². The standard InChI is InChI=1S/C15H12ClFO/c16-13-3-1-2-12(15(13)18)11-7-6-10(8-14(11)17)9-4-5-9/h1-3,6-9,18H,4-5H2. The summed E-state index contributed by atoms with van der Waals surface area (Å²) >= 11 is 5.84. The van der Waals surface area contributed by atoms with E-state index in [1.165, 1.54) is 0 Å². The fraction of sp³-hybridized carbons (Fsp3) is 0.200. The zero-order chi connectivity index (χ0) is 12.7. The SMILES string of the molecule is Oc1c(Cl)cccc1-c1ccc(C2CC2)cc1F. The van der Waals surface area contributed by atoms with Crippen LogP contribution < -0.4 is 0 Å². The van der Waals surface area contributed by atoms with Crippen molar-refractivity contribution >= 4 is 11.6 Å². The molecule has 18 heavy (non-hydrogen) atoms. The topological polar surface area (TPSA) is 20.2 Å². The van der Waals surface area contributed by atoms with Gasteiger partial charge in [0.15, 0.2) is 0 Å². The average molecular weight is 263 g/mol. The number of rotatable bonds is 2. The fourth-order valence-corrected chi connectivity index (χ4v) is 2.33. The summed E-state index contributed by atoms with van der Waals surface area (Å²) in [6, 6.07) is 10.1. The summed E-state index contributed by atoms with van der Waals surface area (Å²) < 4.78 is 14.1. The Morgan fingerprint density at radius 2 is 1.89 bits per heavy atom. The van der Waals surface area contributed by atoms with Gasteiger partial charge in [0.25, 0.3) is 0 Å². The maximum Gasteiger partial charge on any atom is 0.142 e. The summed E-state index contributed by atoms with van der Waals surface area (Å²) in [7, 11) is 0. The molecule has 0 heterocycles. The summed E-state index contributed by atoms with van der Waals surface area (Å²) in [5, 5.41) is 10.1. The van der Waals surface area contributed by atoms with Gasteiger partial charge in [-0.2, -0.15) is 0 Å². The van der Waals surface area contributed by atoms with Crippen molar-refractivity contribution in [2.75, 3.05) is 0 Å². The van der Waals surface area contributed by atoms with Gasteiger partial charge in [-0.15, -0.1) is 0 Å². The Morgan fingerprint density at radius 3 is 2.56 bits per heavy atom. The zero-order valence-electron chi connectivity index (χ0n) is 9.66. The van der Waals surface area contributed by atoms with E-state index in [9.17, 15) is 9.50 Å². The summed E-state index contributed by atoms with van der Waals surface area (Å²) in [4.78, 5) is 0. The van der Waals surface area contributed by atoms with Crippen molar-refractivity contribution in [2.24, 2.45) is 0 Å². The Labute approximate surface area is 110 Å². The molecule has 2 aromatic carbocycles. The largest absolute Gasteiger partial charge is 0.506 e. The molecule has 1 aliphatic rings. The Morgan fingerprint density at radius 1 is 1.11 bits per heavy atom. The maximum absolute atomic E-state index is 14.1. The van der Waals surface area contributed by atoms with E-state index in [4.69, 9.17) is 11.6 Å². The number of aromatic hydroxyl groups is 1.